The number of nitrogens with zero attached hydrogens (tertiary/aromatic N) is 1. The molecule has 0 saturated carbocycles. The summed E-state index contributed by atoms with van der Waals surface area (Å²) in [6.07, 6.45) is 0. The van der Waals surface area contributed by atoms with E-state index in [4.69, 9.17) is 5.73 Å². The molecule has 1 heterocycles. The first kappa shape index (κ1) is 11.8. The molecule has 0 radical (unpaired) electrons. The van der Waals surface area contributed by atoms with Gasteiger partial charge in [0.1, 0.15) is 0 Å². The minimum Gasteiger partial charge on any atom is -0.329 e. The van der Waals surface area contributed by atoms with E-state index in [9.17, 15) is 4.21 Å². The van der Waals surface area contributed by atoms with Crippen molar-refractivity contribution in [1.29, 1.82) is 0 Å². The zero-order chi connectivity index (χ0) is 11.4. The van der Waals surface area contributed by atoms with Crippen LogP contribution in [0.3, 0.4) is 0 Å². The van der Waals surface area contributed by atoms with Crippen LogP contribution in [0, 0.1) is 0 Å². The molecule has 88 valence electrons. The van der Waals surface area contributed by atoms with Gasteiger partial charge in [0.05, 0.1) is 0 Å². The largest absolute Gasteiger partial charge is 0.329 e. The van der Waals surface area contributed by atoms with Crippen LogP contribution in [0.25, 0.3) is 0 Å². The van der Waals surface area contributed by atoms with Crippen LogP contribution >= 0.6 is 0 Å². The molecule has 0 aromatic heterocycles. The Balaban J connectivity index is 2.08. The molecule has 1 aromatic carbocycles. The molecule has 3 nitrogen and oxygen atoms in total. The van der Waals surface area contributed by atoms with E-state index in [0.29, 0.717) is 6.54 Å². The minimum absolute atomic E-state index is 0.276. The highest BCUT2D eigenvalue weighted by Crippen LogP contribution is 2.20. The fraction of sp³-hybridized carbons (Fsp3) is 0.500. The van der Waals surface area contributed by atoms with Crippen molar-refractivity contribution >= 4 is 10.8 Å². The second-order valence-corrected chi connectivity index (χ2v) is 5.74. The molecule has 1 saturated heterocycles. The van der Waals surface area contributed by atoms with Gasteiger partial charge in [-0.3, -0.25) is 9.11 Å². The van der Waals surface area contributed by atoms with Crippen LogP contribution in [-0.2, 0) is 10.8 Å². The Morgan fingerprint density at radius 3 is 2.44 bits per heavy atom. The van der Waals surface area contributed by atoms with Crippen LogP contribution < -0.4 is 5.73 Å². The van der Waals surface area contributed by atoms with Gasteiger partial charge in [0.15, 0.2) is 0 Å². The summed E-state index contributed by atoms with van der Waals surface area (Å²) in [6, 6.07) is 10.6. The molecule has 16 heavy (non-hydrogen) atoms. The van der Waals surface area contributed by atoms with Gasteiger partial charge in [-0.15, -0.1) is 0 Å². The molecule has 0 spiro atoms. The van der Waals surface area contributed by atoms with Crippen molar-refractivity contribution in [3.05, 3.63) is 35.9 Å². The summed E-state index contributed by atoms with van der Waals surface area (Å²) in [5, 5.41) is 0. The molecule has 1 aliphatic rings. The van der Waals surface area contributed by atoms with E-state index in [1.807, 2.05) is 18.2 Å². The van der Waals surface area contributed by atoms with Gasteiger partial charge in [0, 0.05) is 48.0 Å². The monoisotopic (exact) mass is 238 g/mol. The smallest absolute Gasteiger partial charge is 0.0471 e. The molecule has 2 N–H and O–H groups in total. The van der Waals surface area contributed by atoms with Gasteiger partial charge in [-0.2, -0.15) is 0 Å². The van der Waals surface area contributed by atoms with E-state index >= 15 is 0 Å². The van der Waals surface area contributed by atoms with Crippen LogP contribution in [0.4, 0.5) is 0 Å². The maximum Gasteiger partial charge on any atom is 0.0471 e. The molecule has 1 aliphatic heterocycles. The Hall–Kier alpha value is -0.710. The van der Waals surface area contributed by atoms with Gasteiger partial charge in [0.2, 0.25) is 0 Å². The first-order valence-electron chi connectivity index (χ1n) is 5.65. The first-order chi connectivity index (χ1) is 7.81. The molecule has 0 aliphatic carbocycles. The van der Waals surface area contributed by atoms with Gasteiger partial charge in [-0.1, -0.05) is 30.3 Å². The Bertz CT molecular complexity index is 345. The maximum atomic E-state index is 11.3. The summed E-state index contributed by atoms with van der Waals surface area (Å²) >= 11 is 0. The highest BCUT2D eigenvalue weighted by atomic mass is 32.2. The Morgan fingerprint density at radius 2 is 1.88 bits per heavy atom. The number of nitrogens with two attached hydrogens (primary N) is 1. The molecule has 1 fully saturated rings. The quantitative estimate of drug-likeness (QED) is 0.845. The lowest BCUT2D eigenvalue weighted by Crippen LogP contribution is -2.42. The summed E-state index contributed by atoms with van der Waals surface area (Å²) in [4.78, 5) is 2.34. The average Bonchev–Trinajstić information content (AvgIpc) is 2.34. The third-order valence-corrected chi connectivity index (χ3v) is 4.34. The lowest BCUT2D eigenvalue weighted by molar-refractivity contribution is 0.221. The molecule has 4 heteroatoms. The lowest BCUT2D eigenvalue weighted by atomic mass is 10.1. The third-order valence-electron chi connectivity index (χ3n) is 3.06. The SMILES string of the molecule is NCC(c1ccccc1)N1CCS(=O)CC1. The minimum atomic E-state index is -0.618. The van der Waals surface area contributed by atoms with Crippen LogP contribution in [0.2, 0.25) is 0 Å². The summed E-state index contributed by atoms with van der Waals surface area (Å²) in [7, 11) is -0.618. The number of rotatable bonds is 3. The van der Waals surface area contributed by atoms with Crippen molar-refractivity contribution in [1.82, 2.24) is 4.90 Å². The highest BCUT2D eigenvalue weighted by molar-refractivity contribution is 7.85. The van der Waals surface area contributed by atoms with Crippen molar-refractivity contribution in [3.8, 4) is 0 Å². The molecular weight excluding hydrogens is 220 g/mol. The van der Waals surface area contributed by atoms with Crippen molar-refractivity contribution in [3.63, 3.8) is 0 Å². The highest BCUT2D eigenvalue weighted by Gasteiger charge is 2.23. The van der Waals surface area contributed by atoms with E-state index in [2.05, 4.69) is 17.0 Å². The maximum absolute atomic E-state index is 11.3. The van der Waals surface area contributed by atoms with Gasteiger partial charge in [-0.25, -0.2) is 0 Å². The predicted octanol–water partition coefficient (Wildman–Crippen LogP) is 0.751. The van der Waals surface area contributed by atoms with E-state index in [1.165, 1.54) is 5.56 Å². The van der Waals surface area contributed by atoms with Crippen LogP contribution in [0.1, 0.15) is 11.6 Å². The number of hydrogen-bond donors (Lipinski definition) is 1. The second-order valence-electron chi connectivity index (χ2n) is 4.05. The van der Waals surface area contributed by atoms with E-state index < -0.39 is 10.8 Å². The van der Waals surface area contributed by atoms with Gasteiger partial charge >= 0.3 is 0 Å². The summed E-state index contributed by atoms with van der Waals surface area (Å²) in [5.41, 5.74) is 7.11. The third kappa shape index (κ3) is 2.70. The van der Waals surface area contributed by atoms with E-state index in [-0.39, 0.29) is 6.04 Å². The lowest BCUT2D eigenvalue weighted by Gasteiger charge is -2.33. The second kappa shape index (κ2) is 5.57. The van der Waals surface area contributed by atoms with Gasteiger partial charge in [0.25, 0.3) is 0 Å². The van der Waals surface area contributed by atoms with Crippen molar-refractivity contribution < 1.29 is 4.21 Å². The van der Waals surface area contributed by atoms with Crippen molar-refractivity contribution in [2.75, 3.05) is 31.1 Å². The summed E-state index contributed by atoms with van der Waals surface area (Å²) in [6.45, 7) is 2.41. The Labute approximate surface area is 99.1 Å². The fourth-order valence-corrected chi connectivity index (χ4v) is 3.22. The molecule has 0 amide bonds. The Morgan fingerprint density at radius 1 is 1.25 bits per heavy atom. The zero-order valence-electron chi connectivity index (χ0n) is 9.34. The summed E-state index contributed by atoms with van der Waals surface area (Å²) < 4.78 is 11.3. The molecule has 1 atom stereocenters. The molecule has 1 unspecified atom stereocenters. The number of benzene rings is 1. The predicted molar refractivity (Wildman–Crippen MR) is 67.7 cm³/mol. The normalized spacial score (nSPS) is 20.8. The topological polar surface area (TPSA) is 46.3 Å². The first-order valence-corrected chi connectivity index (χ1v) is 7.14. The van der Waals surface area contributed by atoms with Crippen LogP contribution in [-0.4, -0.2) is 40.2 Å². The van der Waals surface area contributed by atoms with Crippen LogP contribution in [0.5, 0.6) is 0 Å². The van der Waals surface area contributed by atoms with Crippen molar-refractivity contribution in [2.45, 2.75) is 6.04 Å². The molecule has 2 rings (SSSR count). The van der Waals surface area contributed by atoms with Crippen LogP contribution in [0.15, 0.2) is 30.3 Å². The standard InChI is InChI=1S/C12H18N2OS/c13-10-12(11-4-2-1-3-5-11)14-6-8-16(15)9-7-14/h1-5,12H,6-10,13H2. The van der Waals surface area contributed by atoms with Crippen molar-refractivity contribution in [2.24, 2.45) is 5.73 Å². The summed E-state index contributed by atoms with van der Waals surface area (Å²) in [5.74, 6) is 1.56. The molecular formula is C12H18N2OS. The molecule has 0 bridgehead atoms. The molecule has 1 aromatic rings. The van der Waals surface area contributed by atoms with E-state index in [1.54, 1.807) is 0 Å². The number of hydrogen-bond acceptors (Lipinski definition) is 3. The zero-order valence-corrected chi connectivity index (χ0v) is 10.2. The fourth-order valence-electron chi connectivity index (χ4n) is 2.13. The van der Waals surface area contributed by atoms with Gasteiger partial charge < -0.3 is 5.73 Å². The van der Waals surface area contributed by atoms with E-state index in [0.717, 1.165) is 24.6 Å². The average molecular weight is 238 g/mol. The Kier molecular flexibility index (Phi) is 4.09. The van der Waals surface area contributed by atoms with Gasteiger partial charge in [-0.05, 0) is 5.56 Å².